The highest BCUT2D eigenvalue weighted by Crippen LogP contribution is 2.26. The molecule has 29 heavy (non-hydrogen) atoms. The lowest BCUT2D eigenvalue weighted by molar-refractivity contribution is 0.291. The summed E-state index contributed by atoms with van der Waals surface area (Å²) in [6.07, 6.45) is 4.91. The number of hydrogen-bond acceptors (Lipinski definition) is 6. The van der Waals surface area contributed by atoms with Crippen molar-refractivity contribution < 1.29 is 9.47 Å². The summed E-state index contributed by atoms with van der Waals surface area (Å²) < 4.78 is 13.4. The first-order valence-corrected chi connectivity index (χ1v) is 9.22. The van der Waals surface area contributed by atoms with Crippen LogP contribution in [0, 0.1) is 6.92 Å². The van der Waals surface area contributed by atoms with Crippen LogP contribution in [0.3, 0.4) is 0 Å². The molecule has 0 aliphatic carbocycles. The van der Waals surface area contributed by atoms with Crippen LogP contribution < -0.4 is 9.47 Å². The van der Waals surface area contributed by atoms with Gasteiger partial charge in [-0.25, -0.2) is 14.6 Å². The Balaban J connectivity index is 1.33. The normalized spacial score (nSPS) is 11.2. The zero-order valence-electron chi connectivity index (χ0n) is 15.7. The highest BCUT2D eigenvalue weighted by molar-refractivity contribution is 5.82. The van der Waals surface area contributed by atoms with E-state index in [1.165, 1.54) is 6.33 Å². The second-order valence-corrected chi connectivity index (χ2v) is 6.68. The SMILES string of the molecule is Cc1cc2cc(Oc3ncc4ccc(OCCn5cncn5)cc4n3)ccc2[nH]1. The maximum Gasteiger partial charge on any atom is 0.322 e. The van der Waals surface area contributed by atoms with Crippen LogP contribution in [0.25, 0.3) is 21.8 Å². The Bertz CT molecular complexity index is 1280. The lowest BCUT2D eigenvalue weighted by Crippen LogP contribution is -2.08. The predicted molar refractivity (Wildman–Crippen MR) is 108 cm³/mol. The van der Waals surface area contributed by atoms with Gasteiger partial charge in [-0.15, -0.1) is 0 Å². The van der Waals surface area contributed by atoms with E-state index < -0.39 is 0 Å². The van der Waals surface area contributed by atoms with Crippen LogP contribution in [0.15, 0.2) is 61.3 Å². The van der Waals surface area contributed by atoms with Gasteiger partial charge in [-0.3, -0.25) is 0 Å². The molecule has 3 aromatic heterocycles. The molecule has 0 unspecified atom stereocenters. The number of rotatable bonds is 6. The van der Waals surface area contributed by atoms with Gasteiger partial charge < -0.3 is 14.5 Å². The minimum atomic E-state index is 0.295. The molecule has 8 nitrogen and oxygen atoms in total. The molecule has 0 radical (unpaired) electrons. The molecule has 0 amide bonds. The Hall–Kier alpha value is -3.94. The number of nitrogens with one attached hydrogen (secondary N) is 1. The molecule has 0 bridgehead atoms. The zero-order valence-corrected chi connectivity index (χ0v) is 15.7. The number of aryl methyl sites for hydroxylation is 1. The van der Waals surface area contributed by atoms with Crippen molar-refractivity contribution >= 4 is 21.8 Å². The van der Waals surface area contributed by atoms with Gasteiger partial charge in [0, 0.05) is 34.2 Å². The lowest BCUT2D eigenvalue weighted by atomic mass is 10.2. The average molecular weight is 386 g/mol. The molecule has 8 heteroatoms. The van der Waals surface area contributed by atoms with Gasteiger partial charge in [0.2, 0.25) is 0 Å². The Kier molecular flexibility index (Phi) is 4.28. The summed E-state index contributed by atoms with van der Waals surface area (Å²) in [7, 11) is 0. The second-order valence-electron chi connectivity index (χ2n) is 6.68. The average Bonchev–Trinajstić information content (AvgIpc) is 3.36. The molecule has 0 atom stereocenters. The molecule has 5 aromatic rings. The minimum Gasteiger partial charge on any atom is -0.492 e. The quantitative estimate of drug-likeness (QED) is 0.476. The maximum atomic E-state index is 5.88. The first kappa shape index (κ1) is 17.2. The fourth-order valence-electron chi connectivity index (χ4n) is 3.16. The van der Waals surface area contributed by atoms with E-state index in [1.807, 2.05) is 43.3 Å². The van der Waals surface area contributed by atoms with Crippen molar-refractivity contribution in [2.75, 3.05) is 6.61 Å². The monoisotopic (exact) mass is 386 g/mol. The van der Waals surface area contributed by atoms with Crippen LogP contribution in [-0.4, -0.2) is 36.3 Å². The third kappa shape index (κ3) is 3.73. The van der Waals surface area contributed by atoms with E-state index in [2.05, 4.69) is 31.1 Å². The topological polar surface area (TPSA) is 90.7 Å². The van der Waals surface area contributed by atoms with Crippen molar-refractivity contribution in [1.82, 2.24) is 29.7 Å². The molecule has 144 valence electrons. The van der Waals surface area contributed by atoms with Crippen molar-refractivity contribution in [1.29, 1.82) is 0 Å². The number of hydrogen-bond donors (Lipinski definition) is 1. The van der Waals surface area contributed by atoms with Crippen LogP contribution in [0.4, 0.5) is 0 Å². The van der Waals surface area contributed by atoms with E-state index in [0.29, 0.717) is 24.9 Å². The van der Waals surface area contributed by atoms with Gasteiger partial charge in [-0.2, -0.15) is 10.1 Å². The Morgan fingerprint density at radius 3 is 2.86 bits per heavy atom. The molecule has 0 aliphatic rings. The van der Waals surface area contributed by atoms with Crippen molar-refractivity contribution in [3.63, 3.8) is 0 Å². The number of H-pyrrole nitrogens is 1. The lowest BCUT2D eigenvalue weighted by Gasteiger charge is -2.08. The van der Waals surface area contributed by atoms with E-state index in [1.54, 1.807) is 17.2 Å². The number of fused-ring (bicyclic) bond motifs is 2. The molecule has 0 fully saturated rings. The summed E-state index contributed by atoms with van der Waals surface area (Å²) in [4.78, 5) is 16.0. The molecule has 5 rings (SSSR count). The molecule has 0 spiro atoms. The maximum absolute atomic E-state index is 5.88. The van der Waals surface area contributed by atoms with Crippen LogP contribution in [0.1, 0.15) is 5.69 Å². The van der Waals surface area contributed by atoms with Crippen molar-refractivity contribution in [3.8, 4) is 17.5 Å². The van der Waals surface area contributed by atoms with Crippen molar-refractivity contribution in [3.05, 3.63) is 67.0 Å². The third-order valence-electron chi connectivity index (χ3n) is 4.52. The minimum absolute atomic E-state index is 0.295. The zero-order chi connectivity index (χ0) is 19.6. The van der Waals surface area contributed by atoms with Gasteiger partial charge in [0.25, 0.3) is 0 Å². The van der Waals surface area contributed by atoms with Gasteiger partial charge in [-0.1, -0.05) is 0 Å². The first-order chi connectivity index (χ1) is 14.2. The molecule has 1 N–H and O–H groups in total. The number of aromatic nitrogens is 6. The van der Waals surface area contributed by atoms with E-state index in [9.17, 15) is 0 Å². The Labute approximate surface area is 166 Å². The first-order valence-electron chi connectivity index (χ1n) is 9.22. The molecule has 0 aliphatic heterocycles. The smallest absolute Gasteiger partial charge is 0.322 e. The van der Waals surface area contributed by atoms with E-state index in [0.717, 1.165) is 33.2 Å². The van der Waals surface area contributed by atoms with Crippen LogP contribution >= 0.6 is 0 Å². The van der Waals surface area contributed by atoms with Gasteiger partial charge >= 0.3 is 6.01 Å². The van der Waals surface area contributed by atoms with Crippen LogP contribution in [0.5, 0.6) is 17.5 Å². The summed E-state index contributed by atoms with van der Waals surface area (Å²) >= 11 is 0. The van der Waals surface area contributed by atoms with Gasteiger partial charge in [0.05, 0.1) is 12.1 Å². The fraction of sp³-hybridized carbons (Fsp3) is 0.143. The fourth-order valence-corrected chi connectivity index (χ4v) is 3.16. The summed E-state index contributed by atoms with van der Waals surface area (Å²) in [5.41, 5.74) is 2.93. The molecule has 0 saturated carbocycles. The van der Waals surface area contributed by atoms with Crippen LogP contribution in [0.2, 0.25) is 0 Å². The van der Waals surface area contributed by atoms with Gasteiger partial charge in [-0.05, 0) is 43.3 Å². The van der Waals surface area contributed by atoms with E-state index in [-0.39, 0.29) is 0 Å². The highest BCUT2D eigenvalue weighted by Gasteiger charge is 2.06. The summed E-state index contributed by atoms with van der Waals surface area (Å²) in [5.74, 6) is 1.42. The highest BCUT2D eigenvalue weighted by atomic mass is 16.5. The van der Waals surface area contributed by atoms with Gasteiger partial charge in [0.15, 0.2) is 0 Å². The van der Waals surface area contributed by atoms with E-state index >= 15 is 0 Å². The van der Waals surface area contributed by atoms with Crippen molar-refractivity contribution in [2.45, 2.75) is 13.5 Å². The second kappa shape index (κ2) is 7.23. The van der Waals surface area contributed by atoms with Gasteiger partial charge in [0.1, 0.15) is 30.8 Å². The standard InChI is InChI=1S/C21H18N6O2/c1-14-8-16-9-18(4-5-19(16)25-14)29-21-23-11-15-2-3-17(10-20(15)26-21)28-7-6-27-13-22-12-24-27/h2-5,8-13,25H,6-7H2,1H3. The number of nitrogens with zero attached hydrogens (tertiary/aromatic N) is 5. The summed E-state index contributed by atoms with van der Waals surface area (Å²) in [6.45, 7) is 3.13. The van der Waals surface area contributed by atoms with Crippen LogP contribution in [-0.2, 0) is 6.54 Å². The Morgan fingerprint density at radius 1 is 1.03 bits per heavy atom. The largest absolute Gasteiger partial charge is 0.492 e. The predicted octanol–water partition coefficient (Wildman–Crippen LogP) is 3.88. The third-order valence-corrected chi connectivity index (χ3v) is 4.52. The number of aromatic amines is 1. The molecule has 0 saturated heterocycles. The summed E-state index contributed by atoms with van der Waals surface area (Å²) in [5, 5.41) is 6.06. The number of ether oxygens (including phenoxy) is 2. The molecule has 3 heterocycles. The molecule has 2 aromatic carbocycles. The Morgan fingerprint density at radius 2 is 1.97 bits per heavy atom. The molecular formula is C21H18N6O2. The van der Waals surface area contributed by atoms with Crippen molar-refractivity contribution in [2.24, 2.45) is 0 Å². The summed E-state index contributed by atoms with van der Waals surface area (Å²) in [6, 6.07) is 13.9. The number of benzene rings is 2. The van der Waals surface area contributed by atoms with E-state index in [4.69, 9.17) is 9.47 Å². The molecular weight excluding hydrogens is 368 g/mol.